The summed E-state index contributed by atoms with van der Waals surface area (Å²) >= 11 is 3.38. The lowest BCUT2D eigenvalue weighted by atomic mass is 10.1. The second-order valence-corrected chi connectivity index (χ2v) is 5.07. The van der Waals surface area contributed by atoms with Gasteiger partial charge in [-0.25, -0.2) is 0 Å². The van der Waals surface area contributed by atoms with E-state index in [4.69, 9.17) is 0 Å². The van der Waals surface area contributed by atoms with E-state index >= 15 is 0 Å². The maximum atomic E-state index is 11.7. The van der Waals surface area contributed by atoms with Gasteiger partial charge in [0.15, 0.2) is 0 Å². The molecule has 1 aliphatic rings. The predicted octanol–water partition coefficient (Wildman–Crippen LogP) is 1.93. The fraction of sp³-hybridized carbons (Fsp3) is 0.333. The molecule has 0 saturated carbocycles. The number of halogens is 1. The monoisotopic (exact) mass is 296 g/mol. The molecular formula is C12H13BrN2O2. The van der Waals surface area contributed by atoms with Crippen LogP contribution in [0.5, 0.6) is 0 Å². The minimum Gasteiger partial charge on any atom is -0.373 e. The molecule has 0 bridgehead atoms. The van der Waals surface area contributed by atoms with Crippen molar-refractivity contribution in [2.45, 2.75) is 19.4 Å². The summed E-state index contributed by atoms with van der Waals surface area (Å²) in [5.41, 5.74) is 1.92. The van der Waals surface area contributed by atoms with Gasteiger partial charge in [0.2, 0.25) is 5.91 Å². The van der Waals surface area contributed by atoms with Crippen LogP contribution in [0, 0.1) is 6.92 Å². The van der Waals surface area contributed by atoms with Gasteiger partial charge in [-0.15, -0.1) is 0 Å². The number of hydrogen-bond acceptors (Lipinski definition) is 3. The van der Waals surface area contributed by atoms with Gasteiger partial charge in [-0.3, -0.25) is 14.5 Å². The van der Waals surface area contributed by atoms with Crippen molar-refractivity contribution in [3.63, 3.8) is 0 Å². The van der Waals surface area contributed by atoms with Crippen LogP contribution in [-0.2, 0) is 9.59 Å². The molecule has 1 N–H and O–H groups in total. The maximum absolute atomic E-state index is 11.7. The first-order chi connectivity index (χ1) is 7.99. The molecule has 1 heterocycles. The Bertz CT molecular complexity index is 487. The van der Waals surface area contributed by atoms with Crippen molar-refractivity contribution in [2.75, 3.05) is 12.4 Å². The van der Waals surface area contributed by atoms with E-state index in [1.54, 1.807) is 0 Å². The van der Waals surface area contributed by atoms with Crippen molar-refractivity contribution in [3.05, 3.63) is 28.2 Å². The topological polar surface area (TPSA) is 49.4 Å². The van der Waals surface area contributed by atoms with Crippen molar-refractivity contribution in [1.82, 2.24) is 4.90 Å². The molecule has 0 aromatic heterocycles. The van der Waals surface area contributed by atoms with Gasteiger partial charge in [0.05, 0.1) is 6.42 Å². The van der Waals surface area contributed by atoms with Gasteiger partial charge in [-0.2, -0.15) is 0 Å². The van der Waals surface area contributed by atoms with E-state index in [0.29, 0.717) is 0 Å². The first-order valence-electron chi connectivity index (χ1n) is 5.32. The van der Waals surface area contributed by atoms with Gasteiger partial charge in [-0.05, 0) is 24.6 Å². The first kappa shape index (κ1) is 12.1. The smallest absolute Gasteiger partial charge is 0.251 e. The summed E-state index contributed by atoms with van der Waals surface area (Å²) in [6.45, 7) is 1.96. The van der Waals surface area contributed by atoms with E-state index in [1.807, 2.05) is 25.1 Å². The molecule has 0 aliphatic carbocycles. The van der Waals surface area contributed by atoms with Gasteiger partial charge in [0, 0.05) is 17.2 Å². The van der Waals surface area contributed by atoms with Crippen LogP contribution in [0.25, 0.3) is 0 Å². The fourth-order valence-electron chi connectivity index (χ4n) is 1.81. The maximum Gasteiger partial charge on any atom is 0.251 e. The number of nitrogens with one attached hydrogen (secondary N) is 1. The van der Waals surface area contributed by atoms with E-state index in [1.165, 1.54) is 11.9 Å². The lowest BCUT2D eigenvalue weighted by molar-refractivity contribution is -0.136. The molecule has 1 aromatic carbocycles. The number of benzene rings is 1. The standard InChI is InChI=1S/C12H13BrN2O2/c1-7-3-4-8(13)5-9(7)14-10-6-11(16)15(2)12(10)17/h3-5,10,14H,6H2,1-2H3. The van der Waals surface area contributed by atoms with Crippen LogP contribution in [-0.4, -0.2) is 29.8 Å². The van der Waals surface area contributed by atoms with Gasteiger partial charge in [0.25, 0.3) is 5.91 Å². The number of carbonyl (C=O) groups is 2. The quantitative estimate of drug-likeness (QED) is 0.849. The first-order valence-corrected chi connectivity index (χ1v) is 6.11. The van der Waals surface area contributed by atoms with Gasteiger partial charge in [-0.1, -0.05) is 22.0 Å². The highest BCUT2D eigenvalue weighted by molar-refractivity contribution is 9.10. The van der Waals surface area contributed by atoms with Crippen LogP contribution in [0.1, 0.15) is 12.0 Å². The highest BCUT2D eigenvalue weighted by Gasteiger charge is 2.36. The molecule has 2 rings (SSSR count). The molecule has 17 heavy (non-hydrogen) atoms. The van der Waals surface area contributed by atoms with Gasteiger partial charge < -0.3 is 5.32 Å². The van der Waals surface area contributed by atoms with Crippen molar-refractivity contribution in [3.8, 4) is 0 Å². The second kappa shape index (κ2) is 4.49. The zero-order valence-corrected chi connectivity index (χ0v) is 11.2. The molecule has 1 saturated heterocycles. The summed E-state index contributed by atoms with van der Waals surface area (Å²) in [5, 5.41) is 3.12. The largest absolute Gasteiger partial charge is 0.373 e. The van der Waals surface area contributed by atoms with Crippen LogP contribution >= 0.6 is 15.9 Å². The molecule has 1 fully saturated rings. The summed E-state index contributed by atoms with van der Waals surface area (Å²) in [6.07, 6.45) is 0.223. The van der Waals surface area contributed by atoms with Crippen LogP contribution in [0.3, 0.4) is 0 Å². The number of carbonyl (C=O) groups excluding carboxylic acids is 2. The lowest BCUT2D eigenvalue weighted by Gasteiger charge is -2.14. The molecule has 0 radical (unpaired) electrons. The van der Waals surface area contributed by atoms with Crippen LogP contribution in [0.2, 0.25) is 0 Å². The van der Waals surface area contributed by atoms with Gasteiger partial charge >= 0.3 is 0 Å². The lowest BCUT2D eigenvalue weighted by Crippen LogP contribution is -2.31. The molecule has 5 heteroatoms. The molecule has 1 aromatic rings. The molecule has 1 aliphatic heterocycles. The van der Waals surface area contributed by atoms with Crippen molar-refractivity contribution >= 4 is 33.4 Å². The number of aryl methyl sites for hydroxylation is 1. The zero-order valence-electron chi connectivity index (χ0n) is 9.66. The normalized spacial score (nSPS) is 19.9. The SMILES string of the molecule is Cc1ccc(Br)cc1NC1CC(=O)N(C)C1=O. The number of likely N-dealkylation sites (N-methyl/N-ethyl adjacent to an activating group) is 1. The number of amides is 2. The van der Waals surface area contributed by atoms with E-state index in [0.717, 1.165) is 15.7 Å². The van der Waals surface area contributed by atoms with E-state index in [-0.39, 0.29) is 18.2 Å². The molecule has 1 unspecified atom stereocenters. The van der Waals surface area contributed by atoms with Crippen molar-refractivity contribution in [1.29, 1.82) is 0 Å². The number of hydrogen-bond donors (Lipinski definition) is 1. The predicted molar refractivity (Wildman–Crippen MR) is 68.7 cm³/mol. The summed E-state index contributed by atoms with van der Waals surface area (Å²) in [6, 6.07) is 5.36. The molecule has 90 valence electrons. The van der Waals surface area contributed by atoms with Crippen molar-refractivity contribution < 1.29 is 9.59 Å². The summed E-state index contributed by atoms with van der Waals surface area (Å²) in [7, 11) is 1.51. The number of anilines is 1. The Balaban J connectivity index is 2.19. The van der Waals surface area contributed by atoms with Crippen molar-refractivity contribution in [2.24, 2.45) is 0 Å². The van der Waals surface area contributed by atoms with Crippen LogP contribution in [0.15, 0.2) is 22.7 Å². The highest BCUT2D eigenvalue weighted by Crippen LogP contribution is 2.23. The molecule has 0 spiro atoms. The Morgan fingerprint density at radius 3 is 2.71 bits per heavy atom. The van der Waals surface area contributed by atoms with Crippen LogP contribution in [0.4, 0.5) is 5.69 Å². The minimum atomic E-state index is -0.444. The second-order valence-electron chi connectivity index (χ2n) is 4.15. The third-order valence-corrected chi connectivity index (χ3v) is 3.40. The summed E-state index contributed by atoms with van der Waals surface area (Å²) < 4.78 is 0.940. The Kier molecular flexibility index (Phi) is 3.19. The summed E-state index contributed by atoms with van der Waals surface area (Å²) in [4.78, 5) is 24.3. The molecule has 2 amide bonds. The number of nitrogens with zero attached hydrogens (tertiary/aromatic N) is 1. The molecular weight excluding hydrogens is 284 g/mol. The Morgan fingerprint density at radius 2 is 2.12 bits per heavy atom. The van der Waals surface area contributed by atoms with E-state index in [2.05, 4.69) is 21.2 Å². The summed E-state index contributed by atoms with van der Waals surface area (Å²) in [5.74, 6) is -0.311. The Hall–Kier alpha value is -1.36. The zero-order chi connectivity index (χ0) is 12.6. The number of imide groups is 1. The third-order valence-electron chi connectivity index (χ3n) is 2.91. The number of likely N-dealkylation sites (tertiary alicyclic amines) is 1. The average molecular weight is 297 g/mol. The highest BCUT2D eigenvalue weighted by atomic mass is 79.9. The van der Waals surface area contributed by atoms with Crippen LogP contribution < -0.4 is 5.32 Å². The molecule has 4 nitrogen and oxygen atoms in total. The molecule has 1 atom stereocenters. The minimum absolute atomic E-state index is 0.139. The third kappa shape index (κ3) is 2.34. The fourth-order valence-corrected chi connectivity index (χ4v) is 2.17. The van der Waals surface area contributed by atoms with E-state index in [9.17, 15) is 9.59 Å². The van der Waals surface area contributed by atoms with Gasteiger partial charge in [0.1, 0.15) is 6.04 Å². The Labute approximate surface area is 108 Å². The van der Waals surface area contributed by atoms with E-state index < -0.39 is 6.04 Å². The Morgan fingerprint density at radius 1 is 1.41 bits per heavy atom. The average Bonchev–Trinajstić information content (AvgIpc) is 2.52. The number of rotatable bonds is 2.